The maximum atomic E-state index is 12.4. The molecular formula is C14H21BrN2O3S. The van der Waals surface area contributed by atoms with E-state index < -0.39 is 10.0 Å². The summed E-state index contributed by atoms with van der Waals surface area (Å²) >= 11 is 3.35. The fraction of sp³-hybridized carbons (Fsp3) is 0.571. The zero-order valence-electron chi connectivity index (χ0n) is 12.2. The predicted octanol–water partition coefficient (Wildman–Crippen LogP) is 1.87. The molecule has 1 fully saturated rings. The number of benzene rings is 1. The third-order valence-corrected chi connectivity index (χ3v) is 6.14. The Morgan fingerprint density at radius 3 is 2.76 bits per heavy atom. The maximum Gasteiger partial charge on any atom is 0.241 e. The van der Waals surface area contributed by atoms with Crippen LogP contribution in [0.4, 0.5) is 0 Å². The van der Waals surface area contributed by atoms with Crippen LogP contribution in [0.25, 0.3) is 0 Å². The van der Waals surface area contributed by atoms with Crippen molar-refractivity contribution in [2.75, 3.05) is 20.2 Å². The molecule has 1 heterocycles. The average molecular weight is 377 g/mol. The minimum atomic E-state index is -3.51. The van der Waals surface area contributed by atoms with Crippen molar-refractivity contribution in [3.8, 4) is 0 Å². The first-order valence-corrected chi connectivity index (χ1v) is 9.26. The third-order valence-electron chi connectivity index (χ3n) is 3.74. The summed E-state index contributed by atoms with van der Waals surface area (Å²) < 4.78 is 33.5. The van der Waals surface area contributed by atoms with Crippen molar-refractivity contribution in [2.24, 2.45) is 5.92 Å². The Hall–Kier alpha value is -0.470. The van der Waals surface area contributed by atoms with Crippen molar-refractivity contribution in [2.45, 2.75) is 30.9 Å². The van der Waals surface area contributed by atoms with E-state index in [0.29, 0.717) is 24.2 Å². The van der Waals surface area contributed by atoms with Crippen LogP contribution in [0.15, 0.2) is 27.6 Å². The van der Waals surface area contributed by atoms with Gasteiger partial charge in [0.25, 0.3) is 0 Å². The van der Waals surface area contributed by atoms with Crippen molar-refractivity contribution < 1.29 is 13.2 Å². The van der Waals surface area contributed by atoms with E-state index in [1.54, 1.807) is 6.07 Å². The van der Waals surface area contributed by atoms with Gasteiger partial charge in [-0.3, -0.25) is 0 Å². The summed E-state index contributed by atoms with van der Waals surface area (Å²) in [6.45, 7) is 3.79. The van der Waals surface area contributed by atoms with Crippen LogP contribution >= 0.6 is 15.9 Å². The minimum absolute atomic E-state index is 0.106. The first kappa shape index (κ1) is 16.9. The van der Waals surface area contributed by atoms with E-state index in [4.69, 9.17) is 4.74 Å². The van der Waals surface area contributed by atoms with Gasteiger partial charge in [-0.25, -0.2) is 13.1 Å². The van der Waals surface area contributed by atoms with Crippen LogP contribution < -0.4 is 10.0 Å². The van der Waals surface area contributed by atoms with E-state index in [9.17, 15) is 8.42 Å². The van der Waals surface area contributed by atoms with Gasteiger partial charge in [-0.1, -0.05) is 6.07 Å². The second kappa shape index (κ2) is 7.19. The largest absolute Gasteiger partial charge is 0.378 e. The molecule has 1 saturated heterocycles. The normalized spacial score (nSPS) is 22.6. The molecule has 0 radical (unpaired) electrons. The first-order chi connectivity index (χ1) is 9.94. The van der Waals surface area contributed by atoms with Crippen LogP contribution in [-0.2, 0) is 21.3 Å². The van der Waals surface area contributed by atoms with Crippen LogP contribution in [-0.4, -0.2) is 34.7 Å². The van der Waals surface area contributed by atoms with Crippen molar-refractivity contribution in [3.63, 3.8) is 0 Å². The maximum absolute atomic E-state index is 12.4. The summed E-state index contributed by atoms with van der Waals surface area (Å²) in [6.07, 6.45) is 1.00. The number of ether oxygens (including phenoxy) is 1. The van der Waals surface area contributed by atoms with E-state index in [1.807, 2.05) is 26.1 Å². The molecule has 2 unspecified atom stereocenters. The summed E-state index contributed by atoms with van der Waals surface area (Å²) in [5, 5.41) is 3.04. The second-order valence-corrected chi connectivity index (χ2v) is 7.86. The van der Waals surface area contributed by atoms with E-state index >= 15 is 0 Å². The molecule has 2 atom stereocenters. The topological polar surface area (TPSA) is 67.4 Å². The molecule has 0 saturated carbocycles. The smallest absolute Gasteiger partial charge is 0.241 e. The Labute approximate surface area is 134 Å². The first-order valence-electron chi connectivity index (χ1n) is 6.98. The lowest BCUT2D eigenvalue weighted by atomic mass is 10.0. The number of hydrogen-bond donors (Lipinski definition) is 2. The van der Waals surface area contributed by atoms with Crippen LogP contribution in [0.1, 0.15) is 18.9 Å². The third kappa shape index (κ3) is 4.26. The fourth-order valence-electron chi connectivity index (χ4n) is 2.41. The molecule has 7 heteroatoms. The summed E-state index contributed by atoms with van der Waals surface area (Å²) in [4.78, 5) is 0.272. The van der Waals surface area contributed by atoms with Crippen molar-refractivity contribution in [3.05, 3.63) is 28.2 Å². The highest BCUT2D eigenvalue weighted by molar-refractivity contribution is 9.10. The van der Waals surface area contributed by atoms with Gasteiger partial charge in [-0.15, -0.1) is 0 Å². The van der Waals surface area contributed by atoms with Gasteiger partial charge in [0.05, 0.1) is 11.0 Å². The van der Waals surface area contributed by atoms with Gasteiger partial charge in [-0.2, -0.15) is 0 Å². The lowest BCUT2D eigenvalue weighted by Gasteiger charge is -2.15. The van der Waals surface area contributed by atoms with Crippen molar-refractivity contribution >= 4 is 26.0 Å². The molecule has 0 aliphatic carbocycles. The van der Waals surface area contributed by atoms with Gasteiger partial charge in [-0.05, 0) is 54.0 Å². The Kier molecular flexibility index (Phi) is 5.79. The lowest BCUT2D eigenvalue weighted by molar-refractivity contribution is 0.107. The zero-order valence-corrected chi connectivity index (χ0v) is 14.6. The summed E-state index contributed by atoms with van der Waals surface area (Å²) in [7, 11) is -1.65. The molecule has 0 bridgehead atoms. The lowest BCUT2D eigenvalue weighted by Crippen LogP contribution is -2.32. The van der Waals surface area contributed by atoms with Gasteiger partial charge in [0.15, 0.2) is 0 Å². The molecule has 21 heavy (non-hydrogen) atoms. The molecule has 0 amide bonds. The van der Waals surface area contributed by atoms with E-state index in [-0.39, 0.29) is 16.9 Å². The van der Waals surface area contributed by atoms with Crippen LogP contribution in [0, 0.1) is 5.92 Å². The molecule has 118 valence electrons. The quantitative estimate of drug-likeness (QED) is 0.795. The zero-order chi connectivity index (χ0) is 15.5. The number of hydrogen-bond acceptors (Lipinski definition) is 4. The van der Waals surface area contributed by atoms with Gasteiger partial charge in [0.1, 0.15) is 0 Å². The Balaban J connectivity index is 2.08. The molecule has 1 aromatic rings. The highest BCUT2D eigenvalue weighted by Crippen LogP contribution is 2.24. The number of sulfonamides is 1. The molecule has 0 spiro atoms. The van der Waals surface area contributed by atoms with Crippen LogP contribution in [0.2, 0.25) is 0 Å². The number of halogens is 1. The van der Waals surface area contributed by atoms with Gasteiger partial charge < -0.3 is 10.1 Å². The molecular weight excluding hydrogens is 356 g/mol. The predicted molar refractivity (Wildman–Crippen MR) is 85.6 cm³/mol. The average Bonchev–Trinajstić information content (AvgIpc) is 2.82. The number of rotatable bonds is 6. The second-order valence-electron chi connectivity index (χ2n) is 5.27. The van der Waals surface area contributed by atoms with Gasteiger partial charge >= 0.3 is 0 Å². The minimum Gasteiger partial charge on any atom is -0.378 e. The Bertz CT molecular complexity index is 592. The fourth-order valence-corrected chi connectivity index (χ4v) is 4.63. The Morgan fingerprint density at radius 2 is 2.19 bits per heavy atom. The van der Waals surface area contributed by atoms with Gasteiger partial charge in [0, 0.05) is 30.1 Å². The highest BCUT2D eigenvalue weighted by atomic mass is 79.9. The van der Waals surface area contributed by atoms with E-state index in [1.165, 1.54) is 0 Å². The standard InChI is InChI=1S/C14H21BrN2O3S/c1-10-12(5-6-20-10)9-17-21(18,19)14-4-3-11(8-16-2)7-13(14)15/h3-4,7,10,12,16-17H,5-6,8-9H2,1-2H3. The molecule has 2 rings (SSSR count). The van der Waals surface area contributed by atoms with Crippen molar-refractivity contribution in [1.82, 2.24) is 10.0 Å². The number of nitrogens with one attached hydrogen (secondary N) is 2. The summed E-state index contributed by atoms with van der Waals surface area (Å²) in [6, 6.07) is 5.27. The van der Waals surface area contributed by atoms with E-state index in [2.05, 4.69) is 26.0 Å². The SMILES string of the molecule is CNCc1ccc(S(=O)(=O)NCC2CCOC2C)c(Br)c1. The summed E-state index contributed by atoms with van der Waals surface area (Å²) in [5.41, 5.74) is 1.03. The van der Waals surface area contributed by atoms with Crippen molar-refractivity contribution in [1.29, 1.82) is 0 Å². The molecule has 1 aliphatic heterocycles. The Morgan fingerprint density at radius 1 is 1.43 bits per heavy atom. The molecule has 1 aliphatic rings. The molecule has 2 N–H and O–H groups in total. The summed E-state index contributed by atoms with van der Waals surface area (Å²) in [5.74, 6) is 0.238. The van der Waals surface area contributed by atoms with E-state index in [0.717, 1.165) is 12.0 Å². The van der Waals surface area contributed by atoms with Crippen LogP contribution in [0.3, 0.4) is 0 Å². The van der Waals surface area contributed by atoms with Crippen LogP contribution in [0.5, 0.6) is 0 Å². The molecule has 1 aromatic carbocycles. The van der Waals surface area contributed by atoms with Gasteiger partial charge in [0.2, 0.25) is 10.0 Å². The highest BCUT2D eigenvalue weighted by Gasteiger charge is 2.26. The molecule has 5 nitrogen and oxygen atoms in total. The molecule has 0 aromatic heterocycles. The monoisotopic (exact) mass is 376 g/mol.